The van der Waals surface area contributed by atoms with Crippen LogP contribution in [-0.2, 0) is 0 Å². The molecule has 2 unspecified atom stereocenters. The molecule has 0 aromatic heterocycles. The summed E-state index contributed by atoms with van der Waals surface area (Å²) in [6.07, 6.45) is 2.80. The molecule has 0 heterocycles. The summed E-state index contributed by atoms with van der Waals surface area (Å²) in [6, 6.07) is 8.99. The van der Waals surface area contributed by atoms with E-state index < -0.39 is 6.03 Å². The summed E-state index contributed by atoms with van der Waals surface area (Å²) in [5.41, 5.74) is 6.25. The summed E-state index contributed by atoms with van der Waals surface area (Å²) >= 11 is 0. The fourth-order valence-electron chi connectivity index (χ4n) is 2.49. The van der Waals surface area contributed by atoms with Crippen LogP contribution in [0.2, 0.25) is 0 Å². The van der Waals surface area contributed by atoms with Gasteiger partial charge >= 0.3 is 6.03 Å². The van der Waals surface area contributed by atoms with Crippen LogP contribution in [0.1, 0.15) is 30.7 Å². The zero-order valence-electron chi connectivity index (χ0n) is 9.04. The maximum Gasteiger partial charge on any atom is 0.338 e. The van der Waals surface area contributed by atoms with Gasteiger partial charge in [0.25, 0.3) is 0 Å². The van der Waals surface area contributed by atoms with Crippen molar-refractivity contribution in [3.8, 4) is 0 Å². The Hall–Kier alpha value is -1.55. The number of amides is 2. The van der Waals surface area contributed by atoms with Crippen molar-refractivity contribution in [1.29, 1.82) is 0 Å². The van der Waals surface area contributed by atoms with Gasteiger partial charge in [0.1, 0.15) is 0 Å². The Kier molecular flexibility index (Phi) is 3.10. The molecular weight excluding hydrogens is 204 g/mol. The molecule has 1 fully saturated rings. The van der Waals surface area contributed by atoms with Crippen LogP contribution >= 0.6 is 0 Å². The van der Waals surface area contributed by atoms with Crippen molar-refractivity contribution in [1.82, 2.24) is 5.06 Å². The molecule has 1 aliphatic carbocycles. The van der Waals surface area contributed by atoms with Crippen molar-refractivity contribution >= 4 is 6.03 Å². The third-order valence-electron chi connectivity index (χ3n) is 3.25. The fourth-order valence-corrected chi connectivity index (χ4v) is 2.49. The van der Waals surface area contributed by atoms with Crippen molar-refractivity contribution in [3.05, 3.63) is 35.9 Å². The highest BCUT2D eigenvalue weighted by molar-refractivity contribution is 5.71. The first-order valence-electron chi connectivity index (χ1n) is 5.52. The first kappa shape index (κ1) is 11.0. The zero-order valence-corrected chi connectivity index (χ0v) is 9.04. The van der Waals surface area contributed by atoms with E-state index in [0.717, 1.165) is 24.8 Å². The minimum absolute atomic E-state index is 0.181. The highest BCUT2D eigenvalue weighted by atomic mass is 16.5. The Bertz CT molecular complexity index is 367. The Balaban J connectivity index is 2.18. The molecule has 0 saturated heterocycles. The zero-order chi connectivity index (χ0) is 11.5. The summed E-state index contributed by atoms with van der Waals surface area (Å²) in [5, 5.41) is 10.3. The van der Waals surface area contributed by atoms with E-state index in [4.69, 9.17) is 5.73 Å². The molecule has 16 heavy (non-hydrogen) atoms. The van der Waals surface area contributed by atoms with Crippen molar-refractivity contribution in [3.63, 3.8) is 0 Å². The lowest BCUT2D eigenvalue weighted by atomic mass is 9.94. The van der Waals surface area contributed by atoms with E-state index in [2.05, 4.69) is 0 Å². The number of nitrogens with two attached hydrogens (primary N) is 1. The maximum atomic E-state index is 11.0. The van der Waals surface area contributed by atoms with Gasteiger partial charge in [0.05, 0.1) is 6.04 Å². The summed E-state index contributed by atoms with van der Waals surface area (Å²) in [7, 11) is 0. The van der Waals surface area contributed by atoms with E-state index in [-0.39, 0.29) is 12.0 Å². The highest BCUT2D eigenvalue weighted by Gasteiger charge is 2.34. The van der Waals surface area contributed by atoms with Gasteiger partial charge in [0.2, 0.25) is 0 Å². The van der Waals surface area contributed by atoms with Crippen LogP contribution in [0.25, 0.3) is 0 Å². The quantitative estimate of drug-likeness (QED) is 0.592. The van der Waals surface area contributed by atoms with Crippen LogP contribution in [-0.4, -0.2) is 22.3 Å². The number of hydrogen-bond donors (Lipinski definition) is 2. The van der Waals surface area contributed by atoms with Gasteiger partial charge in [-0.05, 0) is 18.4 Å². The van der Waals surface area contributed by atoms with Gasteiger partial charge in [-0.2, -0.15) is 0 Å². The number of urea groups is 1. The van der Waals surface area contributed by atoms with Crippen molar-refractivity contribution < 1.29 is 10.0 Å². The van der Waals surface area contributed by atoms with Crippen LogP contribution in [0.4, 0.5) is 4.79 Å². The van der Waals surface area contributed by atoms with Gasteiger partial charge in [-0.25, -0.2) is 9.86 Å². The molecular formula is C12H16N2O2. The van der Waals surface area contributed by atoms with Gasteiger partial charge in [-0.1, -0.05) is 36.8 Å². The van der Waals surface area contributed by atoms with Gasteiger partial charge in [0.15, 0.2) is 0 Å². The molecule has 0 spiro atoms. The molecule has 0 aliphatic heterocycles. The minimum atomic E-state index is -0.771. The van der Waals surface area contributed by atoms with Crippen LogP contribution in [0.5, 0.6) is 0 Å². The Morgan fingerprint density at radius 1 is 1.31 bits per heavy atom. The molecule has 0 bridgehead atoms. The van der Waals surface area contributed by atoms with E-state index in [9.17, 15) is 10.0 Å². The smallest absolute Gasteiger partial charge is 0.338 e. The highest BCUT2D eigenvalue weighted by Crippen LogP contribution is 2.36. The number of hydrogen-bond acceptors (Lipinski definition) is 2. The molecule has 4 heteroatoms. The molecule has 0 radical (unpaired) electrons. The third-order valence-corrected chi connectivity index (χ3v) is 3.25. The molecule has 3 N–H and O–H groups in total. The number of primary amides is 1. The second-order valence-electron chi connectivity index (χ2n) is 4.20. The van der Waals surface area contributed by atoms with Gasteiger partial charge in [-0.15, -0.1) is 0 Å². The molecule has 1 saturated carbocycles. The van der Waals surface area contributed by atoms with Crippen LogP contribution in [0.15, 0.2) is 30.3 Å². The molecule has 86 valence electrons. The largest absolute Gasteiger partial charge is 0.350 e. The third kappa shape index (κ3) is 2.02. The molecule has 1 aliphatic rings. The predicted molar refractivity (Wildman–Crippen MR) is 60.0 cm³/mol. The molecule has 2 atom stereocenters. The molecule has 2 rings (SSSR count). The average molecular weight is 220 g/mol. The number of nitrogens with zero attached hydrogens (tertiary/aromatic N) is 1. The van der Waals surface area contributed by atoms with Crippen LogP contribution in [0, 0.1) is 0 Å². The first-order chi connectivity index (χ1) is 7.70. The van der Waals surface area contributed by atoms with Gasteiger partial charge in [0, 0.05) is 5.92 Å². The second-order valence-corrected chi connectivity index (χ2v) is 4.20. The Morgan fingerprint density at radius 3 is 2.62 bits per heavy atom. The van der Waals surface area contributed by atoms with E-state index in [0.29, 0.717) is 5.06 Å². The molecule has 4 nitrogen and oxygen atoms in total. The second kappa shape index (κ2) is 4.53. The lowest BCUT2D eigenvalue weighted by Crippen LogP contribution is -2.42. The lowest BCUT2D eigenvalue weighted by molar-refractivity contribution is -0.0773. The van der Waals surface area contributed by atoms with Crippen LogP contribution in [0.3, 0.4) is 0 Å². The van der Waals surface area contributed by atoms with Crippen molar-refractivity contribution in [2.45, 2.75) is 31.2 Å². The Labute approximate surface area is 94.6 Å². The summed E-state index contributed by atoms with van der Waals surface area (Å²) in [5.74, 6) is 0.193. The standard InChI is InChI=1S/C12H16N2O2/c13-12(15)14(16)11-8-4-7-10(11)9-5-2-1-3-6-9/h1-3,5-6,10-11,16H,4,7-8H2,(H2,13,15). The van der Waals surface area contributed by atoms with Crippen LogP contribution < -0.4 is 5.73 Å². The lowest BCUT2D eigenvalue weighted by Gasteiger charge is -2.26. The number of benzene rings is 1. The van der Waals surface area contributed by atoms with Crippen molar-refractivity contribution in [2.24, 2.45) is 5.73 Å². The summed E-state index contributed by atoms with van der Waals surface area (Å²) in [4.78, 5) is 11.0. The number of carbonyl (C=O) groups is 1. The van der Waals surface area contributed by atoms with Gasteiger partial charge < -0.3 is 5.73 Å². The summed E-state index contributed by atoms with van der Waals surface area (Å²) in [6.45, 7) is 0. The van der Waals surface area contributed by atoms with E-state index >= 15 is 0 Å². The molecule has 1 aromatic rings. The van der Waals surface area contributed by atoms with Crippen molar-refractivity contribution in [2.75, 3.05) is 0 Å². The summed E-state index contributed by atoms with van der Waals surface area (Å²) < 4.78 is 0. The average Bonchev–Trinajstić information content (AvgIpc) is 2.77. The number of hydroxylamine groups is 2. The number of rotatable bonds is 2. The Morgan fingerprint density at radius 2 is 2.00 bits per heavy atom. The van der Waals surface area contributed by atoms with Gasteiger partial charge in [-0.3, -0.25) is 5.21 Å². The van der Waals surface area contributed by atoms with E-state index in [1.165, 1.54) is 0 Å². The molecule has 1 aromatic carbocycles. The SMILES string of the molecule is NC(=O)N(O)C1CCCC1c1ccccc1. The fraction of sp³-hybridized carbons (Fsp3) is 0.417. The minimum Gasteiger partial charge on any atom is -0.350 e. The van der Waals surface area contributed by atoms with E-state index in [1.807, 2.05) is 30.3 Å². The predicted octanol–water partition coefficient (Wildman–Crippen LogP) is 2.09. The maximum absolute atomic E-state index is 11.0. The number of carbonyl (C=O) groups excluding carboxylic acids is 1. The topological polar surface area (TPSA) is 66.6 Å². The normalized spacial score (nSPS) is 24.3. The first-order valence-corrected chi connectivity index (χ1v) is 5.52. The molecule has 2 amide bonds. The monoisotopic (exact) mass is 220 g/mol. The van der Waals surface area contributed by atoms with E-state index in [1.54, 1.807) is 0 Å².